The van der Waals surface area contributed by atoms with Gasteiger partial charge < -0.3 is 10.4 Å². The van der Waals surface area contributed by atoms with Crippen molar-refractivity contribution in [1.82, 2.24) is 8.75 Å². The minimum atomic E-state index is 0.169. The number of aliphatic hydroxyl groups is 1. The van der Waals surface area contributed by atoms with Crippen molar-refractivity contribution < 1.29 is 5.11 Å². The molecule has 6 heteroatoms. The Morgan fingerprint density at radius 1 is 1.55 bits per heavy atom. The molecule has 0 aliphatic carbocycles. The first-order chi connectivity index (χ1) is 5.34. The van der Waals surface area contributed by atoms with Gasteiger partial charge in [-0.3, -0.25) is 0 Å². The molecule has 0 unspecified atom stereocenters. The van der Waals surface area contributed by atoms with E-state index >= 15 is 0 Å². The number of hydrogen-bond acceptors (Lipinski definition) is 5. The molecule has 0 saturated carbocycles. The summed E-state index contributed by atoms with van der Waals surface area (Å²) in [6.07, 6.45) is 0.688. The zero-order valence-electron chi connectivity index (χ0n) is 5.75. The molecule has 0 fully saturated rings. The van der Waals surface area contributed by atoms with Crippen LogP contribution in [0.25, 0.3) is 0 Å². The van der Waals surface area contributed by atoms with E-state index < -0.39 is 0 Å². The van der Waals surface area contributed by atoms with E-state index in [-0.39, 0.29) is 6.61 Å². The monoisotopic (exact) mass is 193 g/mol. The first-order valence-corrected chi connectivity index (χ1v) is 4.28. The third kappa shape index (κ3) is 2.61. The van der Waals surface area contributed by atoms with Gasteiger partial charge in [0.05, 0.1) is 11.7 Å². The van der Waals surface area contributed by atoms with Gasteiger partial charge in [-0.1, -0.05) is 11.6 Å². The average Bonchev–Trinajstić information content (AvgIpc) is 2.37. The van der Waals surface area contributed by atoms with Crippen LogP contribution in [-0.4, -0.2) is 27.0 Å². The van der Waals surface area contributed by atoms with Crippen LogP contribution in [0, 0.1) is 0 Å². The van der Waals surface area contributed by atoms with Crippen molar-refractivity contribution in [3.63, 3.8) is 0 Å². The quantitative estimate of drug-likeness (QED) is 0.701. The van der Waals surface area contributed by atoms with Gasteiger partial charge in [0, 0.05) is 13.2 Å². The van der Waals surface area contributed by atoms with Crippen LogP contribution in [0.2, 0.25) is 5.15 Å². The number of rotatable bonds is 4. The second-order valence-electron chi connectivity index (χ2n) is 1.91. The van der Waals surface area contributed by atoms with Crippen molar-refractivity contribution in [3.05, 3.63) is 5.15 Å². The lowest BCUT2D eigenvalue weighted by Crippen LogP contribution is -2.03. The third-order valence-corrected chi connectivity index (χ3v) is 1.97. The number of anilines is 1. The summed E-state index contributed by atoms with van der Waals surface area (Å²) >= 11 is 6.70. The zero-order valence-corrected chi connectivity index (χ0v) is 7.32. The van der Waals surface area contributed by atoms with E-state index in [2.05, 4.69) is 14.1 Å². The van der Waals surface area contributed by atoms with Gasteiger partial charge in [0.15, 0.2) is 11.0 Å². The van der Waals surface area contributed by atoms with Crippen LogP contribution in [-0.2, 0) is 0 Å². The van der Waals surface area contributed by atoms with Crippen LogP contribution in [0.15, 0.2) is 0 Å². The molecule has 1 aromatic rings. The molecule has 2 N–H and O–H groups in total. The fraction of sp³-hybridized carbons (Fsp3) is 0.600. The fourth-order valence-electron chi connectivity index (χ4n) is 0.569. The summed E-state index contributed by atoms with van der Waals surface area (Å²) in [4.78, 5) is 0. The van der Waals surface area contributed by atoms with Crippen molar-refractivity contribution in [1.29, 1.82) is 0 Å². The smallest absolute Gasteiger partial charge is 0.186 e. The maximum atomic E-state index is 8.46. The van der Waals surface area contributed by atoms with Gasteiger partial charge in [-0.15, -0.1) is 0 Å². The molecule has 0 aromatic carbocycles. The van der Waals surface area contributed by atoms with E-state index in [1.165, 1.54) is 0 Å². The molecule has 0 bridgehead atoms. The molecule has 62 valence electrons. The van der Waals surface area contributed by atoms with Crippen LogP contribution < -0.4 is 5.32 Å². The Morgan fingerprint density at radius 2 is 2.36 bits per heavy atom. The Bertz CT molecular complexity index is 217. The molecule has 1 heterocycles. The van der Waals surface area contributed by atoms with Gasteiger partial charge in [0.25, 0.3) is 0 Å². The van der Waals surface area contributed by atoms with Crippen molar-refractivity contribution >= 4 is 29.1 Å². The second kappa shape index (κ2) is 4.48. The van der Waals surface area contributed by atoms with Gasteiger partial charge in [0.2, 0.25) is 0 Å². The van der Waals surface area contributed by atoms with Gasteiger partial charge in [-0.2, -0.15) is 8.75 Å². The molecule has 11 heavy (non-hydrogen) atoms. The molecule has 0 radical (unpaired) electrons. The number of nitrogens with zero attached hydrogens (tertiary/aromatic N) is 2. The highest BCUT2D eigenvalue weighted by Gasteiger charge is 2.02. The highest BCUT2D eigenvalue weighted by Crippen LogP contribution is 2.17. The van der Waals surface area contributed by atoms with Crippen LogP contribution in [0.5, 0.6) is 0 Å². The molecule has 0 aliphatic heterocycles. The molecule has 0 saturated heterocycles. The Hall–Kier alpha value is -0.390. The Morgan fingerprint density at radius 3 is 2.91 bits per heavy atom. The summed E-state index contributed by atoms with van der Waals surface area (Å²) in [5.74, 6) is 0.602. The van der Waals surface area contributed by atoms with E-state index in [0.29, 0.717) is 23.9 Å². The third-order valence-electron chi connectivity index (χ3n) is 1.08. The topological polar surface area (TPSA) is 58.0 Å². The largest absolute Gasteiger partial charge is 0.396 e. The van der Waals surface area contributed by atoms with E-state index in [9.17, 15) is 0 Å². The van der Waals surface area contributed by atoms with Crippen molar-refractivity contribution in [3.8, 4) is 0 Å². The zero-order chi connectivity index (χ0) is 8.10. The summed E-state index contributed by atoms with van der Waals surface area (Å²) in [5, 5.41) is 11.8. The molecule has 0 aliphatic rings. The minimum absolute atomic E-state index is 0.169. The lowest BCUT2D eigenvalue weighted by molar-refractivity contribution is 0.292. The normalized spacial score (nSPS) is 10.0. The standard InChI is InChI=1S/C5H8ClN3OS/c6-4-5(9-11-8-4)7-2-1-3-10/h10H,1-3H2,(H,7,9). The number of hydrogen-bond donors (Lipinski definition) is 2. The molecule has 0 spiro atoms. The minimum Gasteiger partial charge on any atom is -0.396 e. The highest BCUT2D eigenvalue weighted by molar-refractivity contribution is 6.99. The molecular formula is C5H8ClN3OS. The maximum Gasteiger partial charge on any atom is 0.186 e. The lowest BCUT2D eigenvalue weighted by atomic mass is 10.4. The maximum absolute atomic E-state index is 8.46. The van der Waals surface area contributed by atoms with E-state index in [1.54, 1.807) is 0 Å². The Balaban J connectivity index is 2.32. The molecule has 4 nitrogen and oxygen atoms in total. The molecular weight excluding hydrogens is 186 g/mol. The molecule has 1 aromatic heterocycles. The van der Waals surface area contributed by atoms with Crippen molar-refractivity contribution in [2.75, 3.05) is 18.5 Å². The lowest BCUT2D eigenvalue weighted by Gasteiger charge is -1.98. The van der Waals surface area contributed by atoms with Crippen molar-refractivity contribution in [2.45, 2.75) is 6.42 Å². The molecule has 0 amide bonds. The average molecular weight is 194 g/mol. The summed E-state index contributed by atoms with van der Waals surface area (Å²) in [5.41, 5.74) is 0. The highest BCUT2D eigenvalue weighted by atomic mass is 35.5. The van der Waals surface area contributed by atoms with E-state index in [4.69, 9.17) is 16.7 Å². The van der Waals surface area contributed by atoms with E-state index in [1.807, 2.05) is 0 Å². The second-order valence-corrected chi connectivity index (χ2v) is 2.79. The predicted molar refractivity (Wildman–Crippen MR) is 45.1 cm³/mol. The van der Waals surface area contributed by atoms with Gasteiger partial charge in [0.1, 0.15) is 0 Å². The van der Waals surface area contributed by atoms with Crippen LogP contribution in [0.4, 0.5) is 5.82 Å². The summed E-state index contributed by atoms with van der Waals surface area (Å²) in [7, 11) is 0. The number of aromatic nitrogens is 2. The van der Waals surface area contributed by atoms with E-state index in [0.717, 1.165) is 11.7 Å². The van der Waals surface area contributed by atoms with Crippen LogP contribution >= 0.6 is 23.3 Å². The SMILES string of the molecule is OCCCNc1nsnc1Cl. The van der Waals surface area contributed by atoms with Crippen molar-refractivity contribution in [2.24, 2.45) is 0 Å². The first kappa shape index (κ1) is 8.70. The first-order valence-electron chi connectivity index (χ1n) is 3.17. The Labute approximate surface area is 73.5 Å². The Kier molecular flexibility index (Phi) is 3.55. The van der Waals surface area contributed by atoms with Gasteiger partial charge >= 0.3 is 0 Å². The molecule has 0 atom stereocenters. The molecule has 1 rings (SSSR count). The van der Waals surface area contributed by atoms with Gasteiger partial charge in [-0.25, -0.2) is 0 Å². The number of nitrogens with one attached hydrogen (secondary N) is 1. The summed E-state index contributed by atoms with van der Waals surface area (Å²) in [6, 6.07) is 0. The summed E-state index contributed by atoms with van der Waals surface area (Å²) < 4.78 is 7.66. The number of aliphatic hydroxyl groups excluding tert-OH is 1. The van der Waals surface area contributed by atoms with Crippen LogP contribution in [0.1, 0.15) is 6.42 Å². The van der Waals surface area contributed by atoms with Crippen LogP contribution in [0.3, 0.4) is 0 Å². The summed E-state index contributed by atoms with van der Waals surface area (Å²) in [6.45, 7) is 0.837. The number of halogens is 1. The predicted octanol–water partition coefficient (Wildman–Crippen LogP) is 0.986. The fourth-order valence-corrected chi connectivity index (χ4v) is 1.25. The van der Waals surface area contributed by atoms with Gasteiger partial charge in [-0.05, 0) is 6.42 Å².